The van der Waals surface area contributed by atoms with Gasteiger partial charge in [-0.1, -0.05) is 18.2 Å². The van der Waals surface area contributed by atoms with Crippen LogP contribution in [0.4, 0.5) is 0 Å². The normalized spacial score (nSPS) is 17.2. The van der Waals surface area contributed by atoms with E-state index in [0.717, 1.165) is 64.0 Å². The molecule has 2 aliphatic rings. The zero-order valence-corrected chi connectivity index (χ0v) is 18.2. The largest absolute Gasteiger partial charge is 0.492 e. The van der Waals surface area contributed by atoms with E-state index in [1.807, 2.05) is 12.1 Å². The zero-order valence-electron chi connectivity index (χ0n) is 18.2. The summed E-state index contributed by atoms with van der Waals surface area (Å²) in [5.41, 5.74) is 3.83. The molecule has 7 nitrogen and oxygen atoms in total. The van der Waals surface area contributed by atoms with Gasteiger partial charge in [0.25, 0.3) is 0 Å². The summed E-state index contributed by atoms with van der Waals surface area (Å²) in [5, 5.41) is 0. The van der Waals surface area contributed by atoms with E-state index >= 15 is 0 Å². The highest BCUT2D eigenvalue weighted by Gasteiger charge is 2.17. The molecule has 0 aliphatic carbocycles. The number of rotatable bonds is 6. The van der Waals surface area contributed by atoms with Crippen LogP contribution in [0.15, 0.2) is 60.9 Å². The van der Waals surface area contributed by atoms with E-state index < -0.39 is 0 Å². The van der Waals surface area contributed by atoms with Crippen molar-refractivity contribution in [3.8, 4) is 17.5 Å². The van der Waals surface area contributed by atoms with E-state index in [2.05, 4.69) is 50.1 Å². The van der Waals surface area contributed by atoms with Crippen LogP contribution in [0.3, 0.4) is 0 Å². The van der Waals surface area contributed by atoms with E-state index in [1.54, 1.807) is 18.5 Å². The first kappa shape index (κ1) is 20.9. The maximum Gasteiger partial charge on any atom is 0.321 e. The molecule has 0 atom stereocenters. The van der Waals surface area contributed by atoms with Gasteiger partial charge in [-0.25, -0.2) is 9.97 Å². The minimum atomic E-state index is 0.356. The average molecular weight is 433 g/mol. The second-order valence-corrected chi connectivity index (χ2v) is 8.17. The summed E-state index contributed by atoms with van der Waals surface area (Å²) >= 11 is 0. The SMILES string of the molecule is c1cnc(Oc2ccc(CN3CCOc4ccc(CN5CCOCC5)cc4C3)cc2)nc1. The topological polar surface area (TPSA) is 60.0 Å². The fourth-order valence-electron chi connectivity index (χ4n) is 4.12. The summed E-state index contributed by atoms with van der Waals surface area (Å²) in [5.74, 6) is 1.74. The van der Waals surface area contributed by atoms with Crippen molar-refractivity contribution in [1.82, 2.24) is 19.8 Å². The Morgan fingerprint density at radius 2 is 1.53 bits per heavy atom. The third kappa shape index (κ3) is 5.43. The first-order valence-corrected chi connectivity index (χ1v) is 11.1. The van der Waals surface area contributed by atoms with Gasteiger partial charge < -0.3 is 14.2 Å². The zero-order chi connectivity index (χ0) is 21.6. The molecule has 166 valence electrons. The molecule has 3 heterocycles. The van der Waals surface area contributed by atoms with Gasteiger partial charge in [0.05, 0.1) is 13.2 Å². The Morgan fingerprint density at radius 3 is 2.34 bits per heavy atom. The molecule has 1 saturated heterocycles. The third-order valence-electron chi connectivity index (χ3n) is 5.77. The maximum atomic E-state index is 6.04. The number of fused-ring (bicyclic) bond motifs is 1. The van der Waals surface area contributed by atoms with Crippen molar-refractivity contribution in [3.05, 3.63) is 77.6 Å². The molecular weight excluding hydrogens is 404 g/mol. The highest BCUT2D eigenvalue weighted by atomic mass is 16.5. The Balaban J connectivity index is 1.22. The smallest absolute Gasteiger partial charge is 0.321 e. The lowest BCUT2D eigenvalue weighted by Crippen LogP contribution is -2.35. The second kappa shape index (κ2) is 10.1. The molecule has 0 amide bonds. The van der Waals surface area contributed by atoms with E-state index in [1.165, 1.54) is 16.7 Å². The van der Waals surface area contributed by atoms with Crippen LogP contribution in [0.2, 0.25) is 0 Å². The molecular formula is C25H28N4O3. The van der Waals surface area contributed by atoms with Gasteiger partial charge in [-0.2, -0.15) is 0 Å². The molecule has 2 aliphatic heterocycles. The lowest BCUT2D eigenvalue weighted by Gasteiger charge is -2.27. The van der Waals surface area contributed by atoms with Gasteiger partial charge >= 0.3 is 6.01 Å². The van der Waals surface area contributed by atoms with Crippen molar-refractivity contribution in [1.29, 1.82) is 0 Å². The van der Waals surface area contributed by atoms with Crippen LogP contribution < -0.4 is 9.47 Å². The Morgan fingerprint density at radius 1 is 0.812 bits per heavy atom. The van der Waals surface area contributed by atoms with Crippen molar-refractivity contribution in [2.45, 2.75) is 19.6 Å². The van der Waals surface area contributed by atoms with Gasteiger partial charge in [-0.05, 0) is 41.5 Å². The summed E-state index contributed by atoms with van der Waals surface area (Å²) in [4.78, 5) is 13.1. The van der Waals surface area contributed by atoms with Crippen LogP contribution in [-0.2, 0) is 24.4 Å². The molecule has 0 N–H and O–H groups in total. The predicted octanol–water partition coefficient (Wildman–Crippen LogP) is 3.50. The number of ether oxygens (including phenoxy) is 3. The predicted molar refractivity (Wildman–Crippen MR) is 121 cm³/mol. The van der Waals surface area contributed by atoms with Crippen molar-refractivity contribution < 1.29 is 14.2 Å². The van der Waals surface area contributed by atoms with Gasteiger partial charge in [0, 0.05) is 57.2 Å². The minimum Gasteiger partial charge on any atom is -0.492 e. The van der Waals surface area contributed by atoms with E-state index in [-0.39, 0.29) is 0 Å². The fourth-order valence-corrected chi connectivity index (χ4v) is 4.12. The van der Waals surface area contributed by atoms with Crippen molar-refractivity contribution >= 4 is 0 Å². The monoisotopic (exact) mass is 432 g/mol. The van der Waals surface area contributed by atoms with Crippen LogP contribution in [0.1, 0.15) is 16.7 Å². The number of morpholine rings is 1. The summed E-state index contributed by atoms with van der Waals surface area (Å²) in [6.45, 7) is 7.93. The van der Waals surface area contributed by atoms with Crippen molar-refractivity contribution in [3.63, 3.8) is 0 Å². The number of aromatic nitrogens is 2. The Kier molecular flexibility index (Phi) is 6.58. The first-order chi connectivity index (χ1) is 15.8. The molecule has 5 rings (SSSR count). The lowest BCUT2D eigenvalue weighted by molar-refractivity contribution is 0.0342. The Bertz CT molecular complexity index is 1010. The quantitative estimate of drug-likeness (QED) is 0.591. The highest BCUT2D eigenvalue weighted by Crippen LogP contribution is 2.26. The number of hydrogen-bond donors (Lipinski definition) is 0. The maximum absolute atomic E-state index is 6.04. The van der Waals surface area contributed by atoms with Gasteiger partial charge in [-0.3, -0.25) is 9.80 Å². The summed E-state index contributed by atoms with van der Waals surface area (Å²) in [6.07, 6.45) is 3.34. The van der Waals surface area contributed by atoms with E-state index in [4.69, 9.17) is 14.2 Å². The van der Waals surface area contributed by atoms with Gasteiger partial charge in [0.15, 0.2) is 0 Å². The summed E-state index contributed by atoms with van der Waals surface area (Å²) in [7, 11) is 0. The van der Waals surface area contributed by atoms with Gasteiger partial charge in [-0.15, -0.1) is 0 Å². The molecule has 32 heavy (non-hydrogen) atoms. The molecule has 3 aromatic rings. The molecule has 1 fully saturated rings. The second-order valence-electron chi connectivity index (χ2n) is 8.17. The molecule has 0 saturated carbocycles. The average Bonchev–Trinajstić information content (AvgIpc) is 3.03. The molecule has 0 bridgehead atoms. The molecule has 7 heteroatoms. The Labute approximate surface area is 188 Å². The number of benzene rings is 2. The number of nitrogens with zero attached hydrogens (tertiary/aromatic N) is 4. The van der Waals surface area contributed by atoms with Gasteiger partial charge in [0.2, 0.25) is 0 Å². The summed E-state index contributed by atoms with van der Waals surface area (Å²) in [6, 6.07) is 16.9. The fraction of sp³-hybridized carbons (Fsp3) is 0.360. The van der Waals surface area contributed by atoms with Crippen LogP contribution in [0, 0.1) is 0 Å². The third-order valence-corrected chi connectivity index (χ3v) is 5.77. The van der Waals surface area contributed by atoms with Crippen molar-refractivity contribution in [2.24, 2.45) is 0 Å². The molecule has 0 spiro atoms. The molecule has 1 aromatic heterocycles. The van der Waals surface area contributed by atoms with Crippen LogP contribution >= 0.6 is 0 Å². The van der Waals surface area contributed by atoms with Crippen molar-refractivity contribution in [2.75, 3.05) is 39.5 Å². The Hall–Kier alpha value is -3.00. The summed E-state index contributed by atoms with van der Waals surface area (Å²) < 4.78 is 17.2. The molecule has 2 aromatic carbocycles. The van der Waals surface area contributed by atoms with E-state index in [9.17, 15) is 0 Å². The lowest BCUT2D eigenvalue weighted by atomic mass is 10.1. The van der Waals surface area contributed by atoms with Crippen LogP contribution in [-0.4, -0.2) is 59.2 Å². The van der Waals surface area contributed by atoms with Crippen LogP contribution in [0.25, 0.3) is 0 Å². The standard InChI is InChI=1S/C25H28N4O3/c1-8-26-25(27-9-1)32-23-5-2-20(3-6-23)17-29-12-15-31-24-7-4-21(16-22(24)19-29)18-28-10-13-30-14-11-28/h1-9,16H,10-15,17-19H2. The highest BCUT2D eigenvalue weighted by molar-refractivity contribution is 5.38. The van der Waals surface area contributed by atoms with E-state index in [0.29, 0.717) is 12.6 Å². The van der Waals surface area contributed by atoms with Crippen LogP contribution in [0.5, 0.6) is 17.5 Å². The molecule has 0 radical (unpaired) electrons. The van der Waals surface area contributed by atoms with Gasteiger partial charge in [0.1, 0.15) is 18.1 Å². The number of hydrogen-bond acceptors (Lipinski definition) is 7. The first-order valence-electron chi connectivity index (χ1n) is 11.1. The molecule has 0 unspecified atom stereocenters. The minimum absolute atomic E-state index is 0.356.